The fourth-order valence-electron chi connectivity index (χ4n) is 2.98. The molecule has 2 atom stereocenters. The van der Waals surface area contributed by atoms with Gasteiger partial charge in [-0.15, -0.1) is 0 Å². The number of nitrogens with one attached hydrogen (secondary N) is 1. The first-order chi connectivity index (χ1) is 8.85. The Morgan fingerprint density at radius 2 is 2.11 bits per heavy atom. The summed E-state index contributed by atoms with van der Waals surface area (Å²) in [5, 5.41) is 3.67. The summed E-state index contributed by atoms with van der Waals surface area (Å²) < 4.78 is 5.41. The quantitative estimate of drug-likeness (QED) is 0.860. The van der Waals surface area contributed by atoms with Crippen LogP contribution in [-0.2, 0) is 11.3 Å². The lowest BCUT2D eigenvalue weighted by molar-refractivity contribution is 0.107. The van der Waals surface area contributed by atoms with E-state index in [1.807, 2.05) is 7.11 Å². The van der Waals surface area contributed by atoms with Gasteiger partial charge in [-0.1, -0.05) is 24.3 Å². The molecule has 2 nitrogen and oxygen atoms in total. The van der Waals surface area contributed by atoms with Gasteiger partial charge in [-0.2, -0.15) is 0 Å². The van der Waals surface area contributed by atoms with Crippen molar-refractivity contribution in [2.45, 2.75) is 56.7 Å². The maximum absolute atomic E-state index is 5.41. The van der Waals surface area contributed by atoms with Crippen LogP contribution < -0.4 is 5.32 Å². The molecule has 0 amide bonds. The summed E-state index contributed by atoms with van der Waals surface area (Å²) in [6.45, 7) is 1.00. The summed E-state index contributed by atoms with van der Waals surface area (Å²) in [6, 6.07) is 9.74. The Kier molecular flexibility index (Phi) is 3.67. The predicted molar refractivity (Wildman–Crippen MR) is 73.7 cm³/mol. The highest BCUT2D eigenvalue weighted by Gasteiger charge is 2.25. The van der Waals surface area contributed by atoms with Gasteiger partial charge in [0.2, 0.25) is 0 Å². The van der Waals surface area contributed by atoms with Crippen molar-refractivity contribution in [1.29, 1.82) is 0 Å². The van der Waals surface area contributed by atoms with Gasteiger partial charge in [-0.25, -0.2) is 0 Å². The Hall–Kier alpha value is -0.860. The van der Waals surface area contributed by atoms with Gasteiger partial charge >= 0.3 is 0 Å². The minimum atomic E-state index is 0.472. The van der Waals surface area contributed by atoms with Crippen LogP contribution in [0.25, 0.3) is 0 Å². The third-order valence-corrected chi connectivity index (χ3v) is 4.31. The van der Waals surface area contributed by atoms with Crippen molar-refractivity contribution >= 4 is 0 Å². The van der Waals surface area contributed by atoms with Gasteiger partial charge < -0.3 is 10.1 Å². The molecule has 0 radical (unpaired) electrons. The third kappa shape index (κ3) is 2.93. The van der Waals surface area contributed by atoms with Crippen LogP contribution in [0.2, 0.25) is 0 Å². The number of benzene rings is 1. The summed E-state index contributed by atoms with van der Waals surface area (Å²) in [4.78, 5) is 0. The van der Waals surface area contributed by atoms with E-state index in [0.29, 0.717) is 12.1 Å². The van der Waals surface area contributed by atoms with Gasteiger partial charge in [0.05, 0.1) is 6.10 Å². The van der Waals surface area contributed by atoms with Crippen LogP contribution in [0.4, 0.5) is 0 Å². The average Bonchev–Trinajstić information content (AvgIpc) is 3.16. The van der Waals surface area contributed by atoms with Crippen molar-refractivity contribution in [2.75, 3.05) is 7.11 Å². The van der Waals surface area contributed by atoms with Gasteiger partial charge in [-0.05, 0) is 49.1 Å². The highest BCUT2D eigenvalue weighted by molar-refractivity contribution is 5.29. The van der Waals surface area contributed by atoms with Crippen LogP contribution in [0.3, 0.4) is 0 Å². The number of rotatable bonds is 5. The topological polar surface area (TPSA) is 21.3 Å². The smallest absolute Gasteiger partial charge is 0.0586 e. The van der Waals surface area contributed by atoms with Gasteiger partial charge in [0.1, 0.15) is 0 Å². The molecule has 0 bridgehead atoms. The largest absolute Gasteiger partial charge is 0.381 e. The van der Waals surface area contributed by atoms with Crippen LogP contribution in [0.15, 0.2) is 24.3 Å². The third-order valence-electron chi connectivity index (χ3n) is 4.31. The van der Waals surface area contributed by atoms with E-state index in [2.05, 4.69) is 29.6 Å². The Bertz CT molecular complexity index is 400. The highest BCUT2D eigenvalue weighted by atomic mass is 16.5. The van der Waals surface area contributed by atoms with E-state index in [1.165, 1.54) is 43.2 Å². The van der Waals surface area contributed by atoms with Crippen LogP contribution >= 0.6 is 0 Å². The van der Waals surface area contributed by atoms with E-state index in [-0.39, 0.29) is 0 Å². The molecular weight excluding hydrogens is 222 g/mol. The lowest BCUT2D eigenvalue weighted by atomic mass is 10.1. The number of ether oxygens (including phenoxy) is 1. The molecule has 0 saturated heterocycles. The lowest BCUT2D eigenvalue weighted by Gasteiger charge is -2.13. The molecular formula is C16H23NO. The second kappa shape index (κ2) is 5.41. The van der Waals surface area contributed by atoms with Gasteiger partial charge in [0.25, 0.3) is 0 Å². The molecule has 2 aliphatic carbocycles. The molecule has 2 aliphatic rings. The van der Waals surface area contributed by atoms with Crippen molar-refractivity contribution < 1.29 is 4.74 Å². The SMILES string of the molecule is COC1CCC(NCc2cccc(C3CC3)c2)C1. The molecule has 2 fully saturated rings. The molecule has 0 aliphatic heterocycles. The Morgan fingerprint density at radius 3 is 2.83 bits per heavy atom. The Balaban J connectivity index is 1.52. The second-order valence-corrected chi connectivity index (χ2v) is 5.77. The van der Waals surface area contributed by atoms with E-state index in [0.717, 1.165) is 12.5 Å². The van der Waals surface area contributed by atoms with E-state index >= 15 is 0 Å². The minimum Gasteiger partial charge on any atom is -0.381 e. The normalized spacial score (nSPS) is 27.6. The van der Waals surface area contributed by atoms with Crippen molar-refractivity contribution in [2.24, 2.45) is 0 Å². The standard InChI is InChI=1S/C16H23NO/c1-18-16-8-7-15(10-16)17-11-12-3-2-4-14(9-12)13-5-6-13/h2-4,9,13,15-17H,5-8,10-11H2,1H3. The van der Waals surface area contributed by atoms with Gasteiger partial charge in [0.15, 0.2) is 0 Å². The van der Waals surface area contributed by atoms with Crippen molar-refractivity contribution in [1.82, 2.24) is 5.32 Å². The van der Waals surface area contributed by atoms with E-state index in [9.17, 15) is 0 Å². The van der Waals surface area contributed by atoms with Crippen LogP contribution in [0, 0.1) is 0 Å². The first-order valence-electron chi connectivity index (χ1n) is 7.20. The molecule has 2 unspecified atom stereocenters. The molecule has 1 aromatic carbocycles. The summed E-state index contributed by atoms with van der Waals surface area (Å²) in [5.41, 5.74) is 2.97. The van der Waals surface area contributed by atoms with Crippen LogP contribution in [0.5, 0.6) is 0 Å². The van der Waals surface area contributed by atoms with Crippen LogP contribution in [0.1, 0.15) is 49.1 Å². The van der Waals surface area contributed by atoms with E-state index in [1.54, 1.807) is 0 Å². The second-order valence-electron chi connectivity index (χ2n) is 5.77. The zero-order valence-electron chi connectivity index (χ0n) is 11.2. The number of methoxy groups -OCH3 is 1. The van der Waals surface area contributed by atoms with Crippen molar-refractivity contribution in [3.8, 4) is 0 Å². The Morgan fingerprint density at radius 1 is 1.22 bits per heavy atom. The monoisotopic (exact) mass is 245 g/mol. The molecule has 1 N–H and O–H groups in total. The van der Waals surface area contributed by atoms with Gasteiger partial charge in [-0.3, -0.25) is 0 Å². The number of hydrogen-bond donors (Lipinski definition) is 1. The summed E-state index contributed by atoms with van der Waals surface area (Å²) in [7, 11) is 1.83. The molecule has 0 aromatic heterocycles. The fourth-order valence-corrected chi connectivity index (χ4v) is 2.98. The molecule has 0 heterocycles. The van der Waals surface area contributed by atoms with Crippen molar-refractivity contribution in [3.05, 3.63) is 35.4 Å². The summed E-state index contributed by atoms with van der Waals surface area (Å²) in [6.07, 6.45) is 6.86. The van der Waals surface area contributed by atoms with E-state index in [4.69, 9.17) is 4.74 Å². The highest BCUT2D eigenvalue weighted by Crippen LogP contribution is 2.40. The molecule has 1 aromatic rings. The molecule has 18 heavy (non-hydrogen) atoms. The van der Waals surface area contributed by atoms with Crippen LogP contribution in [-0.4, -0.2) is 19.3 Å². The maximum atomic E-state index is 5.41. The fraction of sp³-hybridized carbons (Fsp3) is 0.625. The predicted octanol–water partition coefficient (Wildman–Crippen LogP) is 3.22. The zero-order valence-corrected chi connectivity index (χ0v) is 11.2. The summed E-state index contributed by atoms with van der Waals surface area (Å²) in [5.74, 6) is 0.856. The molecule has 0 spiro atoms. The lowest BCUT2D eigenvalue weighted by Crippen LogP contribution is -2.26. The molecule has 2 saturated carbocycles. The van der Waals surface area contributed by atoms with Gasteiger partial charge in [0, 0.05) is 19.7 Å². The first kappa shape index (κ1) is 12.2. The van der Waals surface area contributed by atoms with E-state index < -0.39 is 0 Å². The Labute approximate surface area is 110 Å². The molecule has 2 heteroatoms. The maximum Gasteiger partial charge on any atom is 0.0586 e. The van der Waals surface area contributed by atoms with Crippen molar-refractivity contribution in [3.63, 3.8) is 0 Å². The first-order valence-corrected chi connectivity index (χ1v) is 7.20. The zero-order chi connectivity index (χ0) is 12.4. The summed E-state index contributed by atoms with van der Waals surface area (Å²) >= 11 is 0. The molecule has 98 valence electrons. The minimum absolute atomic E-state index is 0.472. The molecule has 3 rings (SSSR count). The average molecular weight is 245 g/mol. The number of hydrogen-bond acceptors (Lipinski definition) is 2.